The van der Waals surface area contributed by atoms with Gasteiger partial charge in [-0.25, -0.2) is 4.98 Å². The monoisotopic (exact) mass is 238 g/mol. The van der Waals surface area contributed by atoms with Crippen molar-refractivity contribution in [1.29, 1.82) is 0 Å². The number of hydrogen-bond acceptors (Lipinski definition) is 2. The van der Waals surface area contributed by atoms with Crippen molar-refractivity contribution in [2.75, 3.05) is 6.54 Å². The van der Waals surface area contributed by atoms with E-state index in [0.717, 1.165) is 6.54 Å². The van der Waals surface area contributed by atoms with Gasteiger partial charge in [0.25, 0.3) is 5.91 Å². The summed E-state index contributed by atoms with van der Waals surface area (Å²) in [5.41, 5.74) is 0.863. The molecule has 16 heavy (non-hydrogen) atoms. The van der Waals surface area contributed by atoms with Gasteiger partial charge in [0.05, 0.1) is 5.56 Å². The number of rotatable bonds is 3. The first-order chi connectivity index (χ1) is 7.59. The van der Waals surface area contributed by atoms with Crippen molar-refractivity contribution in [1.82, 2.24) is 10.3 Å². The van der Waals surface area contributed by atoms with Gasteiger partial charge in [-0.15, -0.1) is 0 Å². The fourth-order valence-electron chi connectivity index (χ4n) is 1.86. The highest BCUT2D eigenvalue weighted by molar-refractivity contribution is 6.29. The Hall–Kier alpha value is -1.09. The molecule has 0 saturated heterocycles. The zero-order valence-electron chi connectivity index (χ0n) is 9.29. The summed E-state index contributed by atoms with van der Waals surface area (Å²) in [5.74, 6) is -0.0720. The second kappa shape index (κ2) is 4.42. The van der Waals surface area contributed by atoms with Crippen molar-refractivity contribution in [3.05, 3.63) is 29.0 Å². The molecule has 2 rings (SSSR count). The van der Waals surface area contributed by atoms with Crippen molar-refractivity contribution < 1.29 is 4.79 Å². The molecule has 3 nitrogen and oxygen atoms in total. The molecule has 86 valence electrons. The second-order valence-electron chi connectivity index (χ2n) is 4.72. The van der Waals surface area contributed by atoms with Crippen LogP contribution in [0.4, 0.5) is 0 Å². The lowest BCUT2D eigenvalue weighted by molar-refractivity contribution is 0.0890. The van der Waals surface area contributed by atoms with E-state index in [0.29, 0.717) is 16.1 Å². The third-order valence-electron chi connectivity index (χ3n) is 3.23. The van der Waals surface area contributed by atoms with Crippen LogP contribution in [-0.2, 0) is 0 Å². The van der Waals surface area contributed by atoms with Crippen LogP contribution < -0.4 is 5.32 Å². The minimum absolute atomic E-state index is 0.0720. The van der Waals surface area contributed by atoms with Crippen LogP contribution in [0.5, 0.6) is 0 Å². The maximum Gasteiger partial charge on any atom is 0.252 e. The van der Waals surface area contributed by atoms with Gasteiger partial charge in [0.2, 0.25) is 0 Å². The van der Waals surface area contributed by atoms with E-state index in [-0.39, 0.29) is 5.91 Å². The Morgan fingerprint density at radius 3 is 2.81 bits per heavy atom. The molecule has 1 aromatic heterocycles. The summed E-state index contributed by atoms with van der Waals surface area (Å²) >= 11 is 5.65. The van der Waals surface area contributed by atoms with Gasteiger partial charge in [-0.05, 0) is 30.4 Å². The van der Waals surface area contributed by atoms with Gasteiger partial charge < -0.3 is 5.32 Å². The molecule has 0 spiro atoms. The molecule has 0 atom stereocenters. The van der Waals surface area contributed by atoms with E-state index in [4.69, 9.17) is 11.6 Å². The number of carbonyl (C=O) groups is 1. The average Bonchev–Trinajstić information content (AvgIpc) is 2.24. The molecule has 1 fully saturated rings. The minimum Gasteiger partial charge on any atom is -0.351 e. The Bertz CT molecular complexity index is 385. The maximum atomic E-state index is 11.7. The number of halogens is 1. The third-order valence-corrected chi connectivity index (χ3v) is 3.45. The van der Waals surface area contributed by atoms with Gasteiger partial charge in [-0.1, -0.05) is 24.9 Å². The van der Waals surface area contributed by atoms with Crippen molar-refractivity contribution in [2.24, 2.45) is 5.41 Å². The molecule has 0 radical (unpaired) electrons. The van der Waals surface area contributed by atoms with Crippen LogP contribution in [-0.4, -0.2) is 17.4 Å². The quantitative estimate of drug-likeness (QED) is 0.823. The van der Waals surface area contributed by atoms with Crippen LogP contribution in [0.3, 0.4) is 0 Å². The molecule has 1 aromatic rings. The highest BCUT2D eigenvalue weighted by atomic mass is 35.5. The Morgan fingerprint density at radius 2 is 2.31 bits per heavy atom. The van der Waals surface area contributed by atoms with Gasteiger partial charge in [0.1, 0.15) is 5.15 Å². The highest BCUT2D eigenvalue weighted by Crippen LogP contribution is 2.39. The molecule has 1 aliphatic rings. The van der Waals surface area contributed by atoms with E-state index in [1.54, 1.807) is 12.1 Å². The van der Waals surface area contributed by atoms with Gasteiger partial charge in [-0.3, -0.25) is 4.79 Å². The molecule has 0 bridgehead atoms. The number of hydrogen-bond donors (Lipinski definition) is 1. The fraction of sp³-hybridized carbons (Fsp3) is 0.500. The fourth-order valence-corrected chi connectivity index (χ4v) is 1.97. The van der Waals surface area contributed by atoms with Crippen LogP contribution in [0.1, 0.15) is 36.5 Å². The molecule has 1 amide bonds. The lowest BCUT2D eigenvalue weighted by Crippen LogP contribution is -2.39. The average molecular weight is 239 g/mol. The normalized spacial score (nSPS) is 17.6. The Kier molecular flexibility index (Phi) is 3.15. The largest absolute Gasteiger partial charge is 0.351 e. The molecular weight excluding hydrogens is 224 g/mol. The summed E-state index contributed by atoms with van der Waals surface area (Å²) in [7, 11) is 0. The van der Waals surface area contributed by atoms with E-state index in [1.807, 2.05) is 0 Å². The zero-order valence-corrected chi connectivity index (χ0v) is 10.0. The lowest BCUT2D eigenvalue weighted by atomic mass is 9.70. The summed E-state index contributed by atoms with van der Waals surface area (Å²) in [4.78, 5) is 15.6. The van der Waals surface area contributed by atoms with E-state index in [1.165, 1.54) is 25.5 Å². The predicted octanol–water partition coefficient (Wildman–Crippen LogP) is 2.66. The summed E-state index contributed by atoms with van der Waals surface area (Å²) < 4.78 is 0. The number of nitrogens with zero attached hydrogens (tertiary/aromatic N) is 1. The number of aromatic nitrogens is 1. The zero-order chi connectivity index (χ0) is 11.6. The van der Waals surface area contributed by atoms with Gasteiger partial charge in [0, 0.05) is 12.7 Å². The summed E-state index contributed by atoms with van der Waals surface area (Å²) in [6.45, 7) is 2.95. The molecule has 0 aromatic carbocycles. The Morgan fingerprint density at radius 1 is 1.56 bits per heavy atom. The predicted molar refractivity (Wildman–Crippen MR) is 63.5 cm³/mol. The minimum atomic E-state index is -0.0720. The van der Waals surface area contributed by atoms with Crippen molar-refractivity contribution >= 4 is 17.5 Å². The van der Waals surface area contributed by atoms with Crippen LogP contribution >= 0.6 is 11.6 Å². The van der Waals surface area contributed by atoms with Gasteiger partial charge in [0.15, 0.2) is 0 Å². The SMILES string of the molecule is CC1(CNC(=O)c2ccc(Cl)nc2)CCC1. The molecule has 1 aliphatic carbocycles. The lowest BCUT2D eigenvalue weighted by Gasteiger charge is -2.38. The van der Waals surface area contributed by atoms with E-state index in [2.05, 4.69) is 17.2 Å². The number of amides is 1. The van der Waals surface area contributed by atoms with Crippen molar-refractivity contribution in [3.8, 4) is 0 Å². The van der Waals surface area contributed by atoms with Crippen LogP contribution in [0.25, 0.3) is 0 Å². The van der Waals surface area contributed by atoms with Crippen LogP contribution in [0.2, 0.25) is 5.15 Å². The second-order valence-corrected chi connectivity index (χ2v) is 5.10. The summed E-state index contributed by atoms with van der Waals surface area (Å²) in [6, 6.07) is 3.31. The first kappa shape index (κ1) is 11.4. The van der Waals surface area contributed by atoms with Crippen LogP contribution in [0, 0.1) is 5.41 Å². The molecular formula is C12H15ClN2O. The molecule has 0 unspecified atom stereocenters. The van der Waals surface area contributed by atoms with Crippen molar-refractivity contribution in [3.63, 3.8) is 0 Å². The summed E-state index contributed by atoms with van der Waals surface area (Å²) in [5, 5.41) is 3.34. The smallest absolute Gasteiger partial charge is 0.252 e. The van der Waals surface area contributed by atoms with Gasteiger partial charge in [-0.2, -0.15) is 0 Å². The van der Waals surface area contributed by atoms with Gasteiger partial charge >= 0.3 is 0 Å². The molecule has 1 heterocycles. The standard InChI is InChI=1S/C12H15ClN2O/c1-12(5-2-6-12)8-15-11(16)9-3-4-10(13)14-7-9/h3-4,7H,2,5-6,8H2,1H3,(H,15,16). The summed E-state index contributed by atoms with van der Waals surface area (Å²) in [6.07, 6.45) is 5.17. The first-order valence-corrected chi connectivity index (χ1v) is 5.87. The first-order valence-electron chi connectivity index (χ1n) is 5.49. The highest BCUT2D eigenvalue weighted by Gasteiger charge is 2.31. The van der Waals surface area contributed by atoms with Crippen molar-refractivity contribution in [2.45, 2.75) is 26.2 Å². The van der Waals surface area contributed by atoms with E-state index < -0.39 is 0 Å². The Balaban J connectivity index is 1.90. The van der Waals surface area contributed by atoms with E-state index in [9.17, 15) is 4.79 Å². The number of pyridine rings is 1. The number of nitrogens with one attached hydrogen (secondary N) is 1. The van der Waals surface area contributed by atoms with E-state index >= 15 is 0 Å². The topological polar surface area (TPSA) is 42.0 Å². The molecule has 1 N–H and O–H groups in total. The molecule has 1 saturated carbocycles. The van der Waals surface area contributed by atoms with Crippen LogP contribution in [0.15, 0.2) is 18.3 Å². The number of carbonyl (C=O) groups excluding carboxylic acids is 1. The Labute approximate surface area is 100 Å². The third kappa shape index (κ3) is 2.53. The maximum absolute atomic E-state index is 11.7. The molecule has 4 heteroatoms. The molecule has 0 aliphatic heterocycles.